The maximum atomic E-state index is 10.9. The number of hydrogen-bond acceptors (Lipinski definition) is 4. The molecule has 0 bridgehead atoms. The van der Waals surface area contributed by atoms with Crippen LogP contribution in [0.1, 0.15) is 5.69 Å². The topological polar surface area (TPSA) is 81.0 Å². The van der Waals surface area contributed by atoms with Crippen molar-refractivity contribution in [3.05, 3.63) is 16.6 Å². The van der Waals surface area contributed by atoms with E-state index in [1.54, 1.807) is 6.20 Å². The lowest BCUT2D eigenvalue weighted by Gasteiger charge is -2.06. The highest BCUT2D eigenvalue weighted by Crippen LogP contribution is 2.05. The standard InChI is InChI=1S/C7H10BrN3O2/c1-13-6(12)5(9)2-4-3-10-7(8)11-4/h3,5H,2,9H2,1H3,(H,10,11). The summed E-state index contributed by atoms with van der Waals surface area (Å²) in [6.45, 7) is 0. The summed E-state index contributed by atoms with van der Waals surface area (Å²) in [7, 11) is 1.31. The van der Waals surface area contributed by atoms with Gasteiger partial charge >= 0.3 is 5.97 Å². The van der Waals surface area contributed by atoms with Crippen molar-refractivity contribution in [2.75, 3.05) is 7.11 Å². The minimum absolute atomic E-state index is 0.394. The summed E-state index contributed by atoms with van der Waals surface area (Å²) in [4.78, 5) is 17.7. The van der Waals surface area contributed by atoms with Crippen LogP contribution in [0.4, 0.5) is 0 Å². The second-order valence-corrected chi connectivity index (χ2v) is 3.28. The molecule has 0 aliphatic rings. The molecule has 1 heterocycles. The first-order chi connectivity index (χ1) is 6.13. The van der Waals surface area contributed by atoms with Gasteiger partial charge in [-0.2, -0.15) is 0 Å². The summed E-state index contributed by atoms with van der Waals surface area (Å²) in [6, 6.07) is -0.641. The van der Waals surface area contributed by atoms with Crippen LogP contribution in [0, 0.1) is 0 Å². The molecule has 0 saturated heterocycles. The number of esters is 1. The molecule has 6 heteroatoms. The van der Waals surface area contributed by atoms with E-state index in [-0.39, 0.29) is 0 Å². The van der Waals surface area contributed by atoms with Gasteiger partial charge in [0.2, 0.25) is 0 Å². The van der Waals surface area contributed by atoms with E-state index in [1.165, 1.54) is 7.11 Å². The molecule has 13 heavy (non-hydrogen) atoms. The largest absolute Gasteiger partial charge is 0.468 e. The first-order valence-corrected chi connectivity index (χ1v) is 4.45. The number of methoxy groups -OCH3 is 1. The predicted molar refractivity (Wildman–Crippen MR) is 50.0 cm³/mol. The Morgan fingerprint density at radius 3 is 3.08 bits per heavy atom. The molecular formula is C7H10BrN3O2. The van der Waals surface area contributed by atoms with Crippen molar-refractivity contribution in [1.29, 1.82) is 0 Å². The van der Waals surface area contributed by atoms with Gasteiger partial charge in [0.05, 0.1) is 7.11 Å². The van der Waals surface area contributed by atoms with Gasteiger partial charge in [0.25, 0.3) is 0 Å². The zero-order valence-corrected chi connectivity index (χ0v) is 8.67. The van der Waals surface area contributed by atoms with Crippen molar-refractivity contribution in [3.8, 4) is 0 Å². The van der Waals surface area contributed by atoms with E-state index in [9.17, 15) is 4.79 Å². The Kier molecular flexibility index (Phi) is 3.44. The fourth-order valence-corrected chi connectivity index (χ4v) is 1.26. The molecule has 0 aliphatic carbocycles. The molecule has 0 spiro atoms. The number of H-pyrrole nitrogens is 1. The summed E-state index contributed by atoms with van der Waals surface area (Å²) >= 11 is 3.15. The molecule has 0 fully saturated rings. The number of ether oxygens (including phenoxy) is 1. The molecule has 1 aromatic heterocycles. The van der Waals surface area contributed by atoms with Gasteiger partial charge in [-0.3, -0.25) is 4.79 Å². The van der Waals surface area contributed by atoms with E-state index in [0.29, 0.717) is 11.2 Å². The number of halogens is 1. The van der Waals surface area contributed by atoms with Gasteiger partial charge in [-0.1, -0.05) is 0 Å². The normalized spacial score (nSPS) is 12.5. The number of aromatic amines is 1. The molecule has 3 N–H and O–H groups in total. The molecule has 0 amide bonds. The Morgan fingerprint density at radius 2 is 2.62 bits per heavy atom. The van der Waals surface area contributed by atoms with Crippen LogP contribution in [0.3, 0.4) is 0 Å². The number of rotatable bonds is 3. The van der Waals surface area contributed by atoms with E-state index >= 15 is 0 Å². The Balaban J connectivity index is 2.54. The zero-order valence-electron chi connectivity index (χ0n) is 7.08. The highest BCUT2D eigenvalue weighted by atomic mass is 79.9. The number of imidazole rings is 1. The summed E-state index contributed by atoms with van der Waals surface area (Å²) in [5, 5.41) is 0. The van der Waals surface area contributed by atoms with Crippen LogP contribution in [0.25, 0.3) is 0 Å². The second-order valence-electron chi connectivity index (χ2n) is 2.53. The maximum absolute atomic E-state index is 10.9. The minimum Gasteiger partial charge on any atom is -0.468 e. The highest BCUT2D eigenvalue weighted by Gasteiger charge is 2.14. The molecule has 0 aromatic carbocycles. The van der Waals surface area contributed by atoms with E-state index in [4.69, 9.17) is 5.73 Å². The van der Waals surface area contributed by atoms with Gasteiger partial charge in [0.15, 0.2) is 4.73 Å². The van der Waals surface area contributed by atoms with Gasteiger partial charge in [-0.25, -0.2) is 4.98 Å². The van der Waals surface area contributed by atoms with Crippen LogP contribution in [0.15, 0.2) is 10.9 Å². The number of aromatic nitrogens is 2. The zero-order chi connectivity index (χ0) is 9.84. The van der Waals surface area contributed by atoms with Crippen molar-refractivity contribution in [2.24, 2.45) is 5.73 Å². The number of nitrogens with two attached hydrogens (primary N) is 1. The average molecular weight is 248 g/mol. The van der Waals surface area contributed by atoms with E-state index in [0.717, 1.165) is 5.69 Å². The number of nitrogens with one attached hydrogen (secondary N) is 1. The van der Waals surface area contributed by atoms with E-state index in [1.807, 2.05) is 0 Å². The molecule has 1 aromatic rings. The number of hydrogen-bond donors (Lipinski definition) is 2. The van der Waals surface area contributed by atoms with Crippen molar-refractivity contribution in [2.45, 2.75) is 12.5 Å². The molecule has 0 saturated carbocycles. The average Bonchev–Trinajstić information content (AvgIpc) is 2.49. The Morgan fingerprint density at radius 1 is 1.92 bits per heavy atom. The van der Waals surface area contributed by atoms with Gasteiger partial charge in [0.1, 0.15) is 6.04 Å². The molecule has 72 valence electrons. The van der Waals surface area contributed by atoms with Crippen molar-refractivity contribution >= 4 is 21.9 Å². The Bertz CT molecular complexity index is 300. The van der Waals surface area contributed by atoms with Gasteiger partial charge < -0.3 is 15.5 Å². The third-order valence-electron chi connectivity index (χ3n) is 1.54. The van der Waals surface area contributed by atoms with Crippen molar-refractivity contribution in [3.63, 3.8) is 0 Å². The van der Waals surface area contributed by atoms with Gasteiger partial charge in [0, 0.05) is 18.3 Å². The van der Waals surface area contributed by atoms with Gasteiger partial charge in [-0.05, 0) is 15.9 Å². The van der Waals surface area contributed by atoms with Crippen molar-refractivity contribution < 1.29 is 9.53 Å². The fourth-order valence-electron chi connectivity index (χ4n) is 0.907. The molecule has 1 unspecified atom stereocenters. The molecule has 5 nitrogen and oxygen atoms in total. The number of nitrogens with zero attached hydrogens (tertiary/aromatic N) is 1. The Hall–Kier alpha value is -0.880. The Labute approximate surface area is 83.8 Å². The summed E-state index contributed by atoms with van der Waals surface area (Å²) in [5.74, 6) is -0.425. The molecular weight excluding hydrogens is 238 g/mol. The van der Waals surface area contributed by atoms with Crippen LogP contribution < -0.4 is 5.73 Å². The first kappa shape index (κ1) is 10.2. The van der Waals surface area contributed by atoms with Crippen LogP contribution in [-0.4, -0.2) is 29.1 Å². The molecule has 1 atom stereocenters. The summed E-state index contributed by atoms with van der Waals surface area (Å²) < 4.78 is 5.11. The molecule has 0 radical (unpaired) electrons. The third kappa shape index (κ3) is 2.82. The number of carbonyl (C=O) groups is 1. The van der Waals surface area contributed by atoms with Crippen molar-refractivity contribution in [1.82, 2.24) is 9.97 Å². The van der Waals surface area contributed by atoms with Crippen LogP contribution in [0.2, 0.25) is 0 Å². The fraction of sp³-hybridized carbons (Fsp3) is 0.429. The summed E-state index contributed by atoms with van der Waals surface area (Å²) in [5.41, 5.74) is 6.33. The molecule has 0 aliphatic heterocycles. The summed E-state index contributed by atoms with van der Waals surface area (Å²) in [6.07, 6.45) is 2.01. The van der Waals surface area contributed by atoms with Crippen LogP contribution in [-0.2, 0) is 16.0 Å². The lowest BCUT2D eigenvalue weighted by atomic mass is 10.2. The predicted octanol–water partition coefficient (Wildman–Crippen LogP) is 0.215. The minimum atomic E-state index is -0.641. The molecule has 1 rings (SSSR count). The quantitative estimate of drug-likeness (QED) is 0.749. The SMILES string of the molecule is COC(=O)C(N)Cc1cnc(Br)[nH]1. The lowest BCUT2D eigenvalue weighted by molar-refractivity contribution is -0.142. The third-order valence-corrected chi connectivity index (χ3v) is 1.94. The van der Waals surface area contributed by atoms with E-state index in [2.05, 4.69) is 30.6 Å². The monoisotopic (exact) mass is 247 g/mol. The van der Waals surface area contributed by atoms with E-state index < -0.39 is 12.0 Å². The lowest BCUT2D eigenvalue weighted by Crippen LogP contribution is -2.33. The van der Waals surface area contributed by atoms with Gasteiger partial charge in [-0.15, -0.1) is 0 Å². The maximum Gasteiger partial charge on any atom is 0.323 e. The number of carbonyl (C=O) groups excluding carboxylic acids is 1. The second kappa shape index (κ2) is 4.38. The van der Waals surface area contributed by atoms with Crippen LogP contribution >= 0.6 is 15.9 Å². The smallest absolute Gasteiger partial charge is 0.323 e. The first-order valence-electron chi connectivity index (χ1n) is 3.66. The highest BCUT2D eigenvalue weighted by molar-refractivity contribution is 9.10. The van der Waals surface area contributed by atoms with Crippen LogP contribution in [0.5, 0.6) is 0 Å².